The van der Waals surface area contributed by atoms with Crippen LogP contribution in [-0.4, -0.2) is 31.5 Å². The van der Waals surface area contributed by atoms with Crippen molar-refractivity contribution in [3.8, 4) is 11.5 Å². The van der Waals surface area contributed by atoms with Gasteiger partial charge >= 0.3 is 0 Å². The SMILES string of the molecule is COc1ccc(OCC(O)CNCc2ccc(Br)s2)cc1. The lowest BCUT2D eigenvalue weighted by atomic mass is 10.3. The minimum absolute atomic E-state index is 0.257. The maximum atomic E-state index is 9.88. The predicted octanol–water partition coefficient (Wildman–Crippen LogP) is 3.05. The van der Waals surface area contributed by atoms with Crippen LogP contribution in [0.25, 0.3) is 0 Å². The molecule has 1 heterocycles. The summed E-state index contributed by atoms with van der Waals surface area (Å²) < 4.78 is 11.7. The molecule has 0 aliphatic heterocycles. The zero-order chi connectivity index (χ0) is 15.1. The van der Waals surface area contributed by atoms with E-state index in [4.69, 9.17) is 9.47 Å². The number of thiophene rings is 1. The second-order valence-electron chi connectivity index (χ2n) is 4.48. The van der Waals surface area contributed by atoms with Crippen LogP contribution in [0.3, 0.4) is 0 Å². The Morgan fingerprint density at radius 2 is 1.90 bits per heavy atom. The molecule has 0 aliphatic carbocycles. The second kappa shape index (κ2) is 8.38. The van der Waals surface area contributed by atoms with Gasteiger partial charge in [-0.2, -0.15) is 0 Å². The normalized spacial score (nSPS) is 12.1. The molecule has 0 aliphatic rings. The summed E-state index contributed by atoms with van der Waals surface area (Å²) in [4.78, 5) is 1.23. The van der Waals surface area contributed by atoms with E-state index in [1.807, 2.05) is 30.3 Å². The number of hydrogen-bond acceptors (Lipinski definition) is 5. The van der Waals surface area contributed by atoms with Crippen LogP contribution >= 0.6 is 27.3 Å². The van der Waals surface area contributed by atoms with Crippen molar-refractivity contribution in [3.63, 3.8) is 0 Å². The van der Waals surface area contributed by atoms with Crippen molar-refractivity contribution in [2.45, 2.75) is 12.6 Å². The van der Waals surface area contributed by atoms with E-state index in [1.165, 1.54) is 4.88 Å². The van der Waals surface area contributed by atoms with E-state index in [-0.39, 0.29) is 6.61 Å². The van der Waals surface area contributed by atoms with Crippen LogP contribution in [0, 0.1) is 0 Å². The lowest BCUT2D eigenvalue weighted by molar-refractivity contribution is 0.106. The molecule has 4 nitrogen and oxygen atoms in total. The first-order chi connectivity index (χ1) is 10.2. The van der Waals surface area contributed by atoms with E-state index in [0.717, 1.165) is 21.8 Å². The van der Waals surface area contributed by atoms with Gasteiger partial charge in [0.1, 0.15) is 24.2 Å². The first kappa shape index (κ1) is 16.3. The number of methoxy groups -OCH3 is 1. The van der Waals surface area contributed by atoms with E-state index in [0.29, 0.717) is 6.54 Å². The zero-order valence-corrected chi connectivity index (χ0v) is 14.1. The lowest BCUT2D eigenvalue weighted by Crippen LogP contribution is -2.30. The minimum Gasteiger partial charge on any atom is -0.497 e. The fraction of sp³-hybridized carbons (Fsp3) is 0.333. The van der Waals surface area contributed by atoms with Gasteiger partial charge in [0.15, 0.2) is 0 Å². The van der Waals surface area contributed by atoms with Crippen molar-refractivity contribution in [3.05, 3.63) is 45.1 Å². The standard InChI is InChI=1S/C15H18BrNO3S/c1-19-12-2-4-13(5-3-12)20-10-11(18)8-17-9-14-6-7-15(16)21-14/h2-7,11,17-18H,8-10H2,1H3. The van der Waals surface area contributed by atoms with E-state index >= 15 is 0 Å². The van der Waals surface area contributed by atoms with Gasteiger partial charge < -0.3 is 19.9 Å². The van der Waals surface area contributed by atoms with Crippen molar-refractivity contribution in [1.82, 2.24) is 5.32 Å². The molecule has 114 valence electrons. The summed E-state index contributed by atoms with van der Waals surface area (Å²) in [7, 11) is 1.62. The number of nitrogens with one attached hydrogen (secondary N) is 1. The number of aliphatic hydroxyl groups is 1. The van der Waals surface area contributed by atoms with E-state index < -0.39 is 6.10 Å². The number of ether oxygens (including phenoxy) is 2. The summed E-state index contributed by atoms with van der Waals surface area (Å²) in [5.74, 6) is 1.50. The summed E-state index contributed by atoms with van der Waals surface area (Å²) >= 11 is 5.11. The van der Waals surface area contributed by atoms with Gasteiger partial charge in [0.25, 0.3) is 0 Å². The van der Waals surface area contributed by atoms with Crippen molar-refractivity contribution >= 4 is 27.3 Å². The molecular weight excluding hydrogens is 354 g/mol. The molecule has 1 unspecified atom stereocenters. The Labute approximate surface area is 136 Å². The molecule has 21 heavy (non-hydrogen) atoms. The summed E-state index contributed by atoms with van der Waals surface area (Å²) in [6.45, 7) is 1.50. The number of benzene rings is 1. The monoisotopic (exact) mass is 371 g/mol. The first-order valence-electron chi connectivity index (χ1n) is 6.57. The van der Waals surface area contributed by atoms with Crippen LogP contribution in [0.2, 0.25) is 0 Å². The number of hydrogen-bond donors (Lipinski definition) is 2. The molecule has 0 bridgehead atoms. The summed E-state index contributed by atoms with van der Waals surface area (Å²) in [6.07, 6.45) is -0.546. The van der Waals surface area contributed by atoms with E-state index in [1.54, 1.807) is 18.4 Å². The molecule has 0 amide bonds. The van der Waals surface area contributed by atoms with Gasteiger partial charge in [-0.15, -0.1) is 11.3 Å². The molecule has 0 spiro atoms. The third-order valence-corrected chi connectivity index (χ3v) is 4.43. The highest BCUT2D eigenvalue weighted by Gasteiger charge is 2.06. The largest absolute Gasteiger partial charge is 0.497 e. The van der Waals surface area contributed by atoms with Gasteiger partial charge in [0.05, 0.1) is 10.9 Å². The average Bonchev–Trinajstić information content (AvgIpc) is 2.91. The van der Waals surface area contributed by atoms with Gasteiger partial charge in [0.2, 0.25) is 0 Å². The Hall–Kier alpha value is -1.08. The van der Waals surface area contributed by atoms with Crippen LogP contribution in [0.5, 0.6) is 11.5 Å². The predicted molar refractivity (Wildman–Crippen MR) is 88.2 cm³/mol. The average molecular weight is 372 g/mol. The van der Waals surface area contributed by atoms with Crippen LogP contribution in [0.1, 0.15) is 4.88 Å². The summed E-state index contributed by atoms with van der Waals surface area (Å²) in [5.41, 5.74) is 0. The van der Waals surface area contributed by atoms with Gasteiger partial charge in [-0.3, -0.25) is 0 Å². The Bertz CT molecular complexity index is 544. The molecule has 2 aromatic rings. The van der Waals surface area contributed by atoms with Gasteiger partial charge in [-0.1, -0.05) is 0 Å². The topological polar surface area (TPSA) is 50.7 Å². The molecule has 6 heteroatoms. The molecule has 2 rings (SSSR count). The molecule has 0 radical (unpaired) electrons. The maximum absolute atomic E-state index is 9.88. The molecule has 0 saturated carbocycles. The van der Waals surface area contributed by atoms with Crippen molar-refractivity contribution in [1.29, 1.82) is 0 Å². The third-order valence-electron chi connectivity index (χ3n) is 2.81. The van der Waals surface area contributed by atoms with Crippen molar-refractivity contribution < 1.29 is 14.6 Å². The fourth-order valence-corrected chi connectivity index (χ4v) is 3.18. The van der Waals surface area contributed by atoms with Crippen LogP contribution in [0.15, 0.2) is 40.2 Å². The van der Waals surface area contributed by atoms with Crippen molar-refractivity contribution in [2.24, 2.45) is 0 Å². The Kier molecular flexibility index (Phi) is 6.50. The molecule has 1 atom stereocenters. The minimum atomic E-state index is -0.546. The van der Waals surface area contributed by atoms with Crippen LogP contribution < -0.4 is 14.8 Å². The number of halogens is 1. The highest BCUT2D eigenvalue weighted by Crippen LogP contribution is 2.21. The smallest absolute Gasteiger partial charge is 0.119 e. The lowest BCUT2D eigenvalue weighted by Gasteiger charge is -2.13. The molecule has 0 saturated heterocycles. The summed E-state index contributed by atoms with van der Waals surface area (Å²) in [5, 5.41) is 13.1. The van der Waals surface area contributed by atoms with Crippen LogP contribution in [0.4, 0.5) is 0 Å². The van der Waals surface area contributed by atoms with Crippen LogP contribution in [-0.2, 0) is 6.54 Å². The highest BCUT2D eigenvalue weighted by molar-refractivity contribution is 9.11. The van der Waals surface area contributed by atoms with Gasteiger partial charge in [-0.25, -0.2) is 0 Å². The van der Waals surface area contributed by atoms with Gasteiger partial charge in [0, 0.05) is 18.0 Å². The summed E-state index contributed by atoms with van der Waals surface area (Å²) in [6, 6.07) is 11.4. The maximum Gasteiger partial charge on any atom is 0.119 e. The number of aliphatic hydroxyl groups excluding tert-OH is 1. The number of rotatable bonds is 8. The quantitative estimate of drug-likeness (QED) is 0.748. The van der Waals surface area contributed by atoms with E-state index in [9.17, 15) is 5.11 Å². The molecule has 2 N–H and O–H groups in total. The molecule has 0 fully saturated rings. The van der Waals surface area contributed by atoms with Crippen molar-refractivity contribution in [2.75, 3.05) is 20.3 Å². The first-order valence-corrected chi connectivity index (χ1v) is 8.18. The van der Waals surface area contributed by atoms with E-state index in [2.05, 4.69) is 27.3 Å². The molecule has 1 aromatic heterocycles. The van der Waals surface area contributed by atoms with Gasteiger partial charge in [-0.05, 0) is 52.3 Å². The fourth-order valence-electron chi connectivity index (χ4n) is 1.73. The Morgan fingerprint density at radius 3 is 2.52 bits per heavy atom. The molecule has 1 aromatic carbocycles. The third kappa shape index (κ3) is 5.67. The zero-order valence-electron chi connectivity index (χ0n) is 11.7. The highest BCUT2D eigenvalue weighted by atomic mass is 79.9. The molecular formula is C15H18BrNO3S. The second-order valence-corrected chi connectivity index (χ2v) is 7.02. The Morgan fingerprint density at radius 1 is 1.19 bits per heavy atom. The Balaban J connectivity index is 1.65.